The number of nitrogens with one attached hydrogen (secondary N) is 2. The summed E-state index contributed by atoms with van der Waals surface area (Å²) in [4.78, 5) is 6.53. The monoisotopic (exact) mass is 659 g/mol. The van der Waals surface area contributed by atoms with Gasteiger partial charge < -0.3 is 40.8 Å². The zero-order valence-electron chi connectivity index (χ0n) is 27.0. The Hall–Kier alpha value is -4.02. The molecule has 0 aliphatic carbocycles. The molecule has 14 nitrogen and oxygen atoms in total. The van der Waals surface area contributed by atoms with Crippen molar-refractivity contribution in [2.45, 2.75) is 31.7 Å². The first-order valence-corrected chi connectivity index (χ1v) is 16.5. The number of rotatable bonds is 19. The zero-order valence-corrected chi connectivity index (χ0v) is 27.8. The molecule has 0 radical (unpaired) electrons. The van der Waals surface area contributed by atoms with E-state index in [1.54, 1.807) is 6.92 Å². The second kappa shape index (κ2) is 17.6. The minimum absolute atomic E-state index is 0.0397. The Balaban J connectivity index is 1.99. The first-order chi connectivity index (χ1) is 22.1. The number of para-hydroxylation sites is 1. The highest BCUT2D eigenvalue weighted by Crippen LogP contribution is 2.41. The predicted molar refractivity (Wildman–Crippen MR) is 179 cm³/mol. The summed E-state index contributed by atoms with van der Waals surface area (Å²) in [5.41, 5.74) is 8.82. The Morgan fingerprint density at radius 3 is 2.33 bits per heavy atom. The van der Waals surface area contributed by atoms with Gasteiger partial charge in [0.15, 0.2) is 21.5 Å². The lowest BCUT2D eigenvalue weighted by molar-refractivity contribution is 0.0992. The van der Waals surface area contributed by atoms with E-state index < -0.39 is 9.84 Å². The Morgan fingerprint density at radius 1 is 0.978 bits per heavy atom. The van der Waals surface area contributed by atoms with Crippen LogP contribution in [0.1, 0.15) is 19.4 Å². The average Bonchev–Trinajstić information content (AvgIpc) is 3.04. The van der Waals surface area contributed by atoms with Crippen LogP contribution in [0.5, 0.6) is 11.5 Å². The van der Waals surface area contributed by atoms with Gasteiger partial charge in [-0.05, 0) is 32.9 Å². The molecule has 1 heterocycles. The number of ether oxygens (including phenoxy) is 3. The minimum Gasteiger partial charge on any atom is -0.495 e. The average molecular weight is 660 g/mol. The molecule has 0 atom stereocenters. The molecule has 0 aliphatic heterocycles. The van der Waals surface area contributed by atoms with E-state index in [0.29, 0.717) is 48.3 Å². The van der Waals surface area contributed by atoms with E-state index in [9.17, 15) is 13.5 Å². The maximum Gasteiger partial charge on any atom is 0.183 e. The summed E-state index contributed by atoms with van der Waals surface area (Å²) >= 11 is 0. The summed E-state index contributed by atoms with van der Waals surface area (Å²) in [6.07, 6.45) is 0. The van der Waals surface area contributed by atoms with Crippen molar-refractivity contribution < 1.29 is 32.8 Å². The highest BCUT2D eigenvalue weighted by Gasteiger charge is 2.25. The van der Waals surface area contributed by atoms with Crippen LogP contribution in [-0.2, 0) is 14.6 Å². The number of anilines is 4. The molecule has 0 spiro atoms. The molecule has 0 aliphatic rings. The van der Waals surface area contributed by atoms with E-state index in [2.05, 4.69) is 25.8 Å². The van der Waals surface area contributed by atoms with Crippen LogP contribution in [0.15, 0.2) is 57.6 Å². The first-order valence-electron chi connectivity index (χ1n) is 14.9. The third kappa shape index (κ3) is 9.74. The maximum absolute atomic E-state index is 13.4. The molecule has 6 N–H and O–H groups in total. The number of aliphatic hydroxyl groups excluding tert-OH is 2. The Labute approximate surface area is 270 Å². The van der Waals surface area contributed by atoms with E-state index in [1.165, 1.54) is 26.4 Å². The topological polar surface area (TPSA) is 193 Å². The summed E-state index contributed by atoms with van der Waals surface area (Å²) in [5, 5.41) is 33.7. The Bertz CT molecular complexity index is 1550. The number of aromatic nitrogens is 1. The third-order valence-corrected chi connectivity index (χ3v) is 8.81. The summed E-state index contributed by atoms with van der Waals surface area (Å²) in [5.74, 6) is 0.876. The molecule has 15 heteroatoms. The van der Waals surface area contributed by atoms with Crippen molar-refractivity contribution in [2.75, 3.05) is 82.4 Å². The van der Waals surface area contributed by atoms with Crippen LogP contribution in [0.25, 0.3) is 0 Å². The van der Waals surface area contributed by atoms with Crippen molar-refractivity contribution in [1.29, 1.82) is 0 Å². The van der Waals surface area contributed by atoms with E-state index in [1.807, 2.05) is 49.1 Å². The van der Waals surface area contributed by atoms with Crippen molar-refractivity contribution in [3.05, 3.63) is 48.0 Å². The molecule has 0 bridgehead atoms. The van der Waals surface area contributed by atoms with Crippen molar-refractivity contribution in [3.63, 3.8) is 0 Å². The summed E-state index contributed by atoms with van der Waals surface area (Å²) < 4.78 is 43.2. The number of aliphatic hydroxyl groups is 2. The van der Waals surface area contributed by atoms with Gasteiger partial charge in [0.25, 0.3) is 0 Å². The lowest BCUT2D eigenvalue weighted by Crippen LogP contribution is -2.37. The standard InChI is InChI=1S/C31H45N7O7S/c1-21(2)38(12-14-39)13-18-46(41,42)27-20-25(43-4)24(19-26(27)44-5)36-37-29-22(3)28(32)30(34-23-9-7-6-8-10-23)35-31(29)33-11-16-45-17-15-40/h6-10,19-21,39-40H,11-18,32H2,1-5H3,(H2,33,34,35). The van der Waals surface area contributed by atoms with Gasteiger partial charge in [0, 0.05) is 49.1 Å². The molecule has 2 aromatic carbocycles. The highest BCUT2D eigenvalue weighted by molar-refractivity contribution is 7.91. The van der Waals surface area contributed by atoms with Gasteiger partial charge in [-0.1, -0.05) is 18.2 Å². The number of hydrogen-bond acceptors (Lipinski definition) is 14. The smallest absolute Gasteiger partial charge is 0.183 e. The quantitative estimate of drug-likeness (QED) is 0.0917. The van der Waals surface area contributed by atoms with Gasteiger partial charge in [-0.2, -0.15) is 0 Å². The van der Waals surface area contributed by atoms with Gasteiger partial charge in [0.05, 0.1) is 52.1 Å². The fourth-order valence-corrected chi connectivity index (χ4v) is 5.93. The van der Waals surface area contributed by atoms with Crippen molar-refractivity contribution in [3.8, 4) is 11.5 Å². The molecular weight excluding hydrogens is 614 g/mol. The predicted octanol–water partition coefficient (Wildman–Crippen LogP) is 4.05. The van der Waals surface area contributed by atoms with Gasteiger partial charge >= 0.3 is 0 Å². The van der Waals surface area contributed by atoms with Crippen LogP contribution in [0.4, 0.5) is 34.4 Å². The Morgan fingerprint density at radius 2 is 1.70 bits per heavy atom. The first kappa shape index (κ1) is 36.4. The number of nitrogens with zero attached hydrogens (tertiary/aromatic N) is 4. The van der Waals surface area contributed by atoms with E-state index in [0.717, 1.165) is 5.69 Å². The molecule has 0 amide bonds. The lowest BCUT2D eigenvalue weighted by atomic mass is 10.2. The second-order valence-corrected chi connectivity index (χ2v) is 12.6. The van der Waals surface area contributed by atoms with Gasteiger partial charge in [0.2, 0.25) is 0 Å². The number of pyridine rings is 1. The molecule has 0 unspecified atom stereocenters. The van der Waals surface area contributed by atoms with Crippen LogP contribution < -0.4 is 25.8 Å². The molecule has 0 fully saturated rings. The molecule has 0 saturated heterocycles. The van der Waals surface area contributed by atoms with Gasteiger partial charge in [-0.15, -0.1) is 10.2 Å². The summed E-state index contributed by atoms with van der Waals surface area (Å²) in [6.45, 7) is 6.98. The molecule has 252 valence electrons. The van der Waals surface area contributed by atoms with Crippen LogP contribution in [0.2, 0.25) is 0 Å². The van der Waals surface area contributed by atoms with Crippen molar-refractivity contribution in [2.24, 2.45) is 10.2 Å². The number of benzene rings is 2. The zero-order chi connectivity index (χ0) is 33.7. The number of methoxy groups -OCH3 is 2. The van der Waals surface area contributed by atoms with Gasteiger partial charge in [-0.3, -0.25) is 4.90 Å². The van der Waals surface area contributed by atoms with Crippen LogP contribution >= 0.6 is 0 Å². The largest absolute Gasteiger partial charge is 0.495 e. The summed E-state index contributed by atoms with van der Waals surface area (Å²) in [6, 6.07) is 12.3. The fraction of sp³-hybridized carbons (Fsp3) is 0.452. The van der Waals surface area contributed by atoms with Gasteiger partial charge in [-0.25, -0.2) is 13.4 Å². The molecule has 3 aromatic rings. The lowest BCUT2D eigenvalue weighted by Gasteiger charge is -2.25. The molecule has 3 rings (SSSR count). The number of hydrogen-bond donors (Lipinski definition) is 5. The van der Waals surface area contributed by atoms with Crippen molar-refractivity contribution in [1.82, 2.24) is 9.88 Å². The van der Waals surface area contributed by atoms with E-state index in [-0.39, 0.29) is 60.2 Å². The number of azo groups is 1. The molecule has 46 heavy (non-hydrogen) atoms. The second-order valence-electron chi connectivity index (χ2n) is 10.5. The molecule has 0 saturated carbocycles. The van der Waals surface area contributed by atoms with Crippen LogP contribution in [-0.4, -0.2) is 101 Å². The highest BCUT2D eigenvalue weighted by atomic mass is 32.2. The summed E-state index contributed by atoms with van der Waals surface area (Å²) in [7, 11) is -1.02. The van der Waals surface area contributed by atoms with Crippen LogP contribution in [0.3, 0.4) is 0 Å². The van der Waals surface area contributed by atoms with Gasteiger partial charge in [0.1, 0.15) is 27.8 Å². The normalized spacial score (nSPS) is 11.8. The van der Waals surface area contributed by atoms with Crippen LogP contribution in [0, 0.1) is 6.92 Å². The number of nitrogens with two attached hydrogens (primary N) is 1. The molecule has 1 aromatic heterocycles. The fourth-order valence-electron chi connectivity index (χ4n) is 4.50. The number of sulfone groups is 1. The van der Waals surface area contributed by atoms with E-state index >= 15 is 0 Å². The third-order valence-electron chi connectivity index (χ3n) is 7.10. The minimum atomic E-state index is -3.80. The Kier molecular flexibility index (Phi) is 14.0. The SMILES string of the molecule is COc1cc(S(=O)(=O)CCN(CCO)C(C)C)c(OC)cc1N=Nc1c(NCCOCCO)nc(Nc2ccccc2)c(N)c1C. The van der Waals surface area contributed by atoms with E-state index in [4.69, 9.17) is 25.1 Å². The molecular formula is C31H45N7O7S. The number of nitrogen functional groups attached to an aromatic ring is 1. The van der Waals surface area contributed by atoms with Crippen molar-refractivity contribution >= 4 is 44.2 Å². The maximum atomic E-state index is 13.4.